The van der Waals surface area contributed by atoms with E-state index in [-0.39, 0.29) is 23.7 Å². The fourth-order valence-electron chi connectivity index (χ4n) is 5.83. The van der Waals surface area contributed by atoms with Crippen LogP contribution in [0.2, 0.25) is 0 Å². The van der Waals surface area contributed by atoms with Crippen LogP contribution in [0.15, 0.2) is 36.4 Å². The van der Waals surface area contributed by atoms with E-state index in [1.807, 2.05) is 0 Å². The van der Waals surface area contributed by atoms with Crippen molar-refractivity contribution in [1.29, 1.82) is 0 Å². The van der Waals surface area contributed by atoms with Crippen molar-refractivity contribution in [1.82, 2.24) is 20.0 Å². The lowest BCUT2D eigenvalue weighted by atomic mass is 9.94. The maximum atomic E-state index is 14.0. The number of amides is 2. The third-order valence-corrected chi connectivity index (χ3v) is 8.34. The number of hydrogen-bond acceptors (Lipinski definition) is 3. The number of rotatable bonds is 5. The normalized spacial score (nSPS) is 21.8. The van der Waals surface area contributed by atoms with Crippen LogP contribution in [0.5, 0.6) is 0 Å². The Labute approximate surface area is 235 Å². The quantitative estimate of drug-likeness (QED) is 0.392. The Morgan fingerprint density at radius 3 is 2.07 bits per heavy atom. The predicted molar refractivity (Wildman–Crippen MR) is 141 cm³/mol. The van der Waals surface area contributed by atoms with Crippen molar-refractivity contribution in [3.8, 4) is 0 Å². The molecule has 12 heteroatoms. The van der Waals surface area contributed by atoms with Crippen molar-refractivity contribution < 1.29 is 35.5 Å². The molecular formula is C29H35F7N4O. The molecule has 0 saturated carbocycles. The van der Waals surface area contributed by atoms with Crippen LogP contribution in [-0.4, -0.2) is 66.5 Å². The summed E-state index contributed by atoms with van der Waals surface area (Å²) in [5, 5.41) is 3.68. The largest absolute Gasteiger partial charge is 0.416 e. The SMILES string of the molecule is Cc1cc(F)ccc1C1C(NC2CCN(C)CC2)CCN1C(=O)N(C)C(C)c1cc(C(F)(F)F)cc(C(F)(F)F)c1. The molecule has 5 nitrogen and oxygen atoms in total. The summed E-state index contributed by atoms with van der Waals surface area (Å²) in [6.07, 6.45) is -7.56. The van der Waals surface area contributed by atoms with E-state index in [1.165, 1.54) is 31.0 Å². The van der Waals surface area contributed by atoms with E-state index in [2.05, 4.69) is 17.3 Å². The Bertz CT molecular complexity index is 1210. The van der Waals surface area contributed by atoms with E-state index < -0.39 is 47.4 Å². The second-order valence-corrected chi connectivity index (χ2v) is 11.2. The number of urea groups is 1. The van der Waals surface area contributed by atoms with E-state index in [9.17, 15) is 35.5 Å². The van der Waals surface area contributed by atoms with Crippen LogP contribution in [0.3, 0.4) is 0 Å². The topological polar surface area (TPSA) is 38.8 Å². The molecule has 1 N–H and O–H groups in total. The van der Waals surface area contributed by atoms with Gasteiger partial charge in [0.2, 0.25) is 0 Å². The molecule has 0 bridgehead atoms. The second-order valence-electron chi connectivity index (χ2n) is 11.2. The fraction of sp³-hybridized carbons (Fsp3) is 0.552. The summed E-state index contributed by atoms with van der Waals surface area (Å²) in [6.45, 7) is 5.31. The highest BCUT2D eigenvalue weighted by Gasteiger charge is 2.42. The molecule has 0 spiro atoms. The van der Waals surface area contributed by atoms with Crippen LogP contribution >= 0.6 is 0 Å². The van der Waals surface area contributed by atoms with E-state index in [0.29, 0.717) is 30.7 Å². The number of nitrogens with one attached hydrogen (secondary N) is 1. The number of carbonyl (C=O) groups is 1. The van der Waals surface area contributed by atoms with Gasteiger partial charge in [0.25, 0.3) is 0 Å². The Hall–Kier alpha value is -2.86. The zero-order valence-electron chi connectivity index (χ0n) is 23.4. The van der Waals surface area contributed by atoms with Gasteiger partial charge in [0.05, 0.1) is 23.2 Å². The zero-order chi connectivity index (χ0) is 30.3. The number of nitrogens with zero attached hydrogens (tertiary/aromatic N) is 3. The highest BCUT2D eigenvalue weighted by atomic mass is 19.4. The Morgan fingerprint density at radius 2 is 1.54 bits per heavy atom. The average Bonchev–Trinajstić information content (AvgIpc) is 3.30. The Morgan fingerprint density at radius 1 is 0.951 bits per heavy atom. The molecule has 4 rings (SSSR count). The number of likely N-dealkylation sites (tertiary alicyclic amines) is 2. The summed E-state index contributed by atoms with van der Waals surface area (Å²) >= 11 is 0. The van der Waals surface area contributed by atoms with Gasteiger partial charge >= 0.3 is 18.4 Å². The molecule has 2 heterocycles. The lowest BCUT2D eigenvalue weighted by Crippen LogP contribution is -2.49. The van der Waals surface area contributed by atoms with E-state index >= 15 is 0 Å². The van der Waals surface area contributed by atoms with Crippen molar-refractivity contribution in [2.75, 3.05) is 33.7 Å². The highest BCUT2D eigenvalue weighted by molar-refractivity contribution is 5.76. The van der Waals surface area contributed by atoms with Crippen molar-refractivity contribution in [2.24, 2.45) is 0 Å². The first-order valence-corrected chi connectivity index (χ1v) is 13.6. The van der Waals surface area contributed by atoms with Gasteiger partial charge in [-0.25, -0.2) is 9.18 Å². The molecule has 2 fully saturated rings. The third-order valence-electron chi connectivity index (χ3n) is 8.34. The van der Waals surface area contributed by atoms with Gasteiger partial charge in [-0.05, 0) is 100 Å². The molecule has 0 radical (unpaired) electrons. The molecular weight excluding hydrogens is 553 g/mol. The van der Waals surface area contributed by atoms with Gasteiger partial charge in [0, 0.05) is 25.7 Å². The Kier molecular flexibility index (Phi) is 8.94. The molecule has 2 aliphatic heterocycles. The summed E-state index contributed by atoms with van der Waals surface area (Å²) in [4.78, 5) is 18.9. The minimum absolute atomic E-state index is 0.0745. The molecule has 2 aliphatic rings. The highest BCUT2D eigenvalue weighted by Crippen LogP contribution is 2.40. The Balaban J connectivity index is 1.64. The number of carbonyl (C=O) groups excluding carboxylic acids is 1. The van der Waals surface area contributed by atoms with Crippen LogP contribution in [0.1, 0.15) is 66.1 Å². The predicted octanol–water partition coefficient (Wildman–Crippen LogP) is 6.78. The summed E-state index contributed by atoms with van der Waals surface area (Å²) < 4.78 is 94.8. The monoisotopic (exact) mass is 588 g/mol. The summed E-state index contributed by atoms with van der Waals surface area (Å²) in [5.74, 6) is -0.419. The van der Waals surface area contributed by atoms with Gasteiger partial charge in [-0.1, -0.05) is 6.07 Å². The fourth-order valence-corrected chi connectivity index (χ4v) is 5.83. The number of aryl methyl sites for hydroxylation is 1. The third kappa shape index (κ3) is 6.97. The minimum Gasteiger partial charge on any atom is -0.321 e. The first-order chi connectivity index (χ1) is 19.1. The van der Waals surface area contributed by atoms with Crippen molar-refractivity contribution in [3.05, 3.63) is 70.0 Å². The molecule has 3 unspecified atom stereocenters. The average molecular weight is 589 g/mol. The first-order valence-electron chi connectivity index (χ1n) is 13.6. The van der Waals surface area contributed by atoms with Gasteiger partial charge in [0.15, 0.2) is 0 Å². The van der Waals surface area contributed by atoms with Gasteiger partial charge in [0.1, 0.15) is 5.82 Å². The molecule has 0 aromatic heterocycles. The van der Waals surface area contributed by atoms with Crippen molar-refractivity contribution in [3.63, 3.8) is 0 Å². The van der Waals surface area contributed by atoms with Gasteiger partial charge in [-0.2, -0.15) is 26.3 Å². The lowest BCUT2D eigenvalue weighted by Gasteiger charge is -2.37. The van der Waals surface area contributed by atoms with E-state index in [1.54, 1.807) is 17.9 Å². The first kappa shape index (κ1) is 31.1. The van der Waals surface area contributed by atoms with Crippen LogP contribution in [-0.2, 0) is 12.4 Å². The number of halogens is 7. The van der Waals surface area contributed by atoms with Gasteiger partial charge < -0.3 is 20.0 Å². The lowest BCUT2D eigenvalue weighted by molar-refractivity contribution is -0.143. The van der Waals surface area contributed by atoms with Crippen molar-refractivity contribution in [2.45, 2.75) is 69.6 Å². The molecule has 2 saturated heterocycles. The maximum absolute atomic E-state index is 14.0. The summed E-state index contributed by atoms with van der Waals surface area (Å²) in [7, 11) is 3.42. The molecule has 0 aliphatic carbocycles. The molecule has 3 atom stereocenters. The standard InChI is InChI=1S/C29H35F7N4O/c1-17-13-22(30)5-6-24(17)26-25(37-23-7-10-38(3)11-8-23)9-12-40(26)27(41)39(4)18(2)19-14-20(28(31,32)33)16-21(15-19)29(34,35)36/h5-6,13-16,18,23,25-26,37H,7-12H2,1-4H3. The van der Waals surface area contributed by atoms with E-state index in [0.717, 1.165) is 31.5 Å². The number of piperidine rings is 1. The van der Waals surface area contributed by atoms with Gasteiger partial charge in [-0.15, -0.1) is 0 Å². The molecule has 2 aromatic rings. The molecule has 226 valence electrons. The molecule has 2 amide bonds. The zero-order valence-corrected chi connectivity index (χ0v) is 23.4. The smallest absolute Gasteiger partial charge is 0.321 e. The van der Waals surface area contributed by atoms with Crippen LogP contribution in [0.25, 0.3) is 0 Å². The summed E-state index contributed by atoms with van der Waals surface area (Å²) in [6, 6.07) is 3.65. The van der Waals surface area contributed by atoms with Crippen LogP contribution in [0.4, 0.5) is 35.5 Å². The van der Waals surface area contributed by atoms with Crippen LogP contribution < -0.4 is 5.32 Å². The van der Waals surface area contributed by atoms with Crippen molar-refractivity contribution >= 4 is 6.03 Å². The van der Waals surface area contributed by atoms with Gasteiger partial charge in [-0.3, -0.25) is 0 Å². The minimum atomic E-state index is -4.99. The molecule has 41 heavy (non-hydrogen) atoms. The number of benzene rings is 2. The van der Waals surface area contributed by atoms with E-state index in [4.69, 9.17) is 0 Å². The number of alkyl halides is 6. The molecule has 2 aromatic carbocycles. The van der Waals surface area contributed by atoms with Crippen LogP contribution in [0, 0.1) is 12.7 Å². The second kappa shape index (κ2) is 11.8. The summed E-state index contributed by atoms with van der Waals surface area (Å²) in [5.41, 5.74) is -1.76. The maximum Gasteiger partial charge on any atom is 0.416 e. The number of hydrogen-bond donors (Lipinski definition) is 1.